The van der Waals surface area contributed by atoms with E-state index in [0.717, 1.165) is 0 Å². The molecule has 0 aliphatic heterocycles. The summed E-state index contributed by atoms with van der Waals surface area (Å²) in [6.07, 6.45) is 2.99. The van der Waals surface area contributed by atoms with Crippen molar-refractivity contribution in [2.24, 2.45) is 5.92 Å². The number of aromatic nitrogens is 2. The quantitative estimate of drug-likeness (QED) is 0.716. The molecule has 15 heavy (non-hydrogen) atoms. The Morgan fingerprint density at radius 3 is 2.80 bits per heavy atom. The van der Waals surface area contributed by atoms with Crippen molar-refractivity contribution < 1.29 is 9.53 Å². The fraction of sp³-hybridized carbons (Fsp3) is 0.500. The number of carbonyl (C=O) groups is 1. The van der Waals surface area contributed by atoms with Crippen LogP contribution < -0.4 is 10.1 Å². The fourth-order valence-electron chi connectivity index (χ4n) is 1.28. The molecule has 0 radical (unpaired) electrons. The van der Waals surface area contributed by atoms with Gasteiger partial charge in [0.1, 0.15) is 0 Å². The van der Waals surface area contributed by atoms with Crippen molar-refractivity contribution in [2.75, 3.05) is 20.7 Å². The number of ether oxygens (including phenoxy) is 1. The van der Waals surface area contributed by atoms with Crippen molar-refractivity contribution in [3.8, 4) is 5.88 Å². The molecule has 0 fully saturated rings. The molecule has 5 heteroatoms. The molecule has 0 saturated carbocycles. The van der Waals surface area contributed by atoms with Gasteiger partial charge in [0.2, 0.25) is 5.88 Å². The molecule has 5 nitrogen and oxygen atoms in total. The third-order valence-corrected chi connectivity index (χ3v) is 2.05. The number of nitrogens with zero attached hydrogens (tertiary/aromatic N) is 2. The smallest absolute Gasteiger partial charge is 0.243 e. The predicted molar refractivity (Wildman–Crippen MR) is 56.0 cm³/mol. The van der Waals surface area contributed by atoms with Crippen LogP contribution >= 0.6 is 0 Å². The highest BCUT2D eigenvalue weighted by Gasteiger charge is 2.20. The van der Waals surface area contributed by atoms with E-state index in [0.29, 0.717) is 12.2 Å². The monoisotopic (exact) mass is 209 g/mol. The Labute approximate surface area is 88.9 Å². The van der Waals surface area contributed by atoms with Gasteiger partial charge in [0, 0.05) is 24.9 Å². The first kappa shape index (κ1) is 11.6. The van der Waals surface area contributed by atoms with Gasteiger partial charge in [0.15, 0.2) is 11.5 Å². The van der Waals surface area contributed by atoms with Gasteiger partial charge in [0.05, 0.1) is 7.11 Å². The first-order valence-corrected chi connectivity index (χ1v) is 4.74. The summed E-state index contributed by atoms with van der Waals surface area (Å²) in [6, 6.07) is 0. The minimum atomic E-state index is -0.138. The van der Waals surface area contributed by atoms with Crippen molar-refractivity contribution in [3.05, 3.63) is 18.1 Å². The molecule has 1 rings (SSSR count). The van der Waals surface area contributed by atoms with Crippen LogP contribution in [0, 0.1) is 5.92 Å². The lowest BCUT2D eigenvalue weighted by molar-refractivity contribution is 0.0920. The number of ketones is 1. The summed E-state index contributed by atoms with van der Waals surface area (Å²) in [5, 5.41) is 2.95. The first-order chi connectivity index (χ1) is 7.20. The van der Waals surface area contributed by atoms with Crippen LogP contribution in [0.2, 0.25) is 0 Å². The number of rotatable bonds is 5. The van der Waals surface area contributed by atoms with Gasteiger partial charge in [-0.15, -0.1) is 0 Å². The number of hydrogen-bond donors (Lipinski definition) is 1. The average molecular weight is 209 g/mol. The third-order valence-electron chi connectivity index (χ3n) is 2.05. The molecule has 1 aromatic heterocycles. The van der Waals surface area contributed by atoms with Gasteiger partial charge in [0.25, 0.3) is 0 Å². The van der Waals surface area contributed by atoms with E-state index in [9.17, 15) is 4.79 Å². The molecule has 1 N–H and O–H groups in total. The van der Waals surface area contributed by atoms with Crippen LogP contribution in [0.4, 0.5) is 0 Å². The molecule has 0 bridgehead atoms. The minimum Gasteiger partial charge on any atom is -0.479 e. The van der Waals surface area contributed by atoms with Crippen molar-refractivity contribution in [3.63, 3.8) is 0 Å². The van der Waals surface area contributed by atoms with Crippen molar-refractivity contribution in [2.45, 2.75) is 6.92 Å². The van der Waals surface area contributed by atoms with Gasteiger partial charge in [-0.2, -0.15) is 0 Å². The van der Waals surface area contributed by atoms with E-state index < -0.39 is 0 Å². The molecule has 0 aliphatic rings. The van der Waals surface area contributed by atoms with Gasteiger partial charge in [-0.1, -0.05) is 6.92 Å². The van der Waals surface area contributed by atoms with Crippen LogP contribution in [0.1, 0.15) is 17.4 Å². The number of methoxy groups -OCH3 is 1. The Kier molecular flexibility index (Phi) is 4.17. The molecule has 1 unspecified atom stereocenters. The molecule has 0 saturated heterocycles. The highest BCUT2D eigenvalue weighted by molar-refractivity contribution is 5.97. The van der Waals surface area contributed by atoms with Crippen LogP contribution in [0.3, 0.4) is 0 Å². The van der Waals surface area contributed by atoms with Crippen LogP contribution in [0.15, 0.2) is 12.4 Å². The van der Waals surface area contributed by atoms with E-state index >= 15 is 0 Å². The lowest BCUT2D eigenvalue weighted by Crippen LogP contribution is -2.24. The standard InChI is InChI=1S/C10H15N3O2/c1-7(6-11-2)9(14)8-10(15-3)13-5-4-12-8/h4-5,7,11H,6H2,1-3H3. The van der Waals surface area contributed by atoms with E-state index in [1.807, 2.05) is 6.92 Å². The zero-order chi connectivity index (χ0) is 11.3. The second-order valence-corrected chi connectivity index (χ2v) is 3.24. The second-order valence-electron chi connectivity index (χ2n) is 3.24. The molecule has 1 atom stereocenters. The average Bonchev–Trinajstić information content (AvgIpc) is 2.28. The summed E-state index contributed by atoms with van der Waals surface area (Å²) < 4.78 is 4.98. The predicted octanol–water partition coefficient (Wildman–Crippen LogP) is 0.523. The maximum Gasteiger partial charge on any atom is 0.243 e. The molecule has 0 amide bonds. The maximum absolute atomic E-state index is 11.9. The Morgan fingerprint density at radius 1 is 1.53 bits per heavy atom. The van der Waals surface area contributed by atoms with E-state index in [2.05, 4.69) is 15.3 Å². The van der Waals surface area contributed by atoms with E-state index in [1.165, 1.54) is 19.5 Å². The Morgan fingerprint density at radius 2 is 2.20 bits per heavy atom. The first-order valence-electron chi connectivity index (χ1n) is 4.74. The zero-order valence-corrected chi connectivity index (χ0v) is 9.15. The van der Waals surface area contributed by atoms with Crippen LogP contribution in [-0.4, -0.2) is 36.5 Å². The molecular formula is C10H15N3O2. The lowest BCUT2D eigenvalue weighted by atomic mass is 10.0. The fourth-order valence-corrected chi connectivity index (χ4v) is 1.28. The SMILES string of the molecule is CNCC(C)C(=O)c1nccnc1OC. The van der Waals surface area contributed by atoms with Crippen molar-refractivity contribution >= 4 is 5.78 Å². The van der Waals surface area contributed by atoms with Gasteiger partial charge < -0.3 is 10.1 Å². The number of hydrogen-bond acceptors (Lipinski definition) is 5. The topological polar surface area (TPSA) is 64.1 Å². The summed E-state index contributed by atoms with van der Waals surface area (Å²) in [4.78, 5) is 19.8. The van der Waals surface area contributed by atoms with Crippen LogP contribution in [0.5, 0.6) is 5.88 Å². The van der Waals surface area contributed by atoms with Crippen molar-refractivity contribution in [1.82, 2.24) is 15.3 Å². The Hall–Kier alpha value is -1.49. The molecular weight excluding hydrogens is 194 g/mol. The molecule has 0 aromatic carbocycles. The normalized spacial score (nSPS) is 12.2. The molecule has 82 valence electrons. The van der Waals surface area contributed by atoms with E-state index in [-0.39, 0.29) is 17.6 Å². The molecule has 1 aromatic rings. The Bertz CT molecular complexity index is 341. The van der Waals surface area contributed by atoms with Gasteiger partial charge in [-0.05, 0) is 7.05 Å². The molecule has 1 heterocycles. The summed E-state index contributed by atoms with van der Waals surface area (Å²) in [5.74, 6) is 0.0837. The summed E-state index contributed by atoms with van der Waals surface area (Å²) in [7, 11) is 3.28. The number of Topliss-reactive ketones (excluding diaryl/α,β-unsaturated/α-hetero) is 1. The van der Waals surface area contributed by atoms with Crippen LogP contribution in [0.25, 0.3) is 0 Å². The third kappa shape index (κ3) is 2.73. The molecule has 0 aliphatic carbocycles. The second kappa shape index (κ2) is 5.41. The number of carbonyl (C=O) groups excluding carboxylic acids is 1. The Balaban J connectivity index is 2.90. The van der Waals surface area contributed by atoms with E-state index in [4.69, 9.17) is 4.74 Å². The maximum atomic E-state index is 11.9. The van der Waals surface area contributed by atoms with Gasteiger partial charge >= 0.3 is 0 Å². The van der Waals surface area contributed by atoms with E-state index in [1.54, 1.807) is 7.05 Å². The largest absolute Gasteiger partial charge is 0.479 e. The highest BCUT2D eigenvalue weighted by Crippen LogP contribution is 2.15. The molecule has 0 spiro atoms. The number of nitrogens with one attached hydrogen (secondary N) is 1. The highest BCUT2D eigenvalue weighted by atomic mass is 16.5. The minimum absolute atomic E-state index is 0.0608. The van der Waals surface area contributed by atoms with Crippen LogP contribution in [-0.2, 0) is 0 Å². The zero-order valence-electron chi connectivity index (χ0n) is 9.15. The van der Waals surface area contributed by atoms with Gasteiger partial charge in [-0.25, -0.2) is 9.97 Å². The van der Waals surface area contributed by atoms with Gasteiger partial charge in [-0.3, -0.25) is 4.79 Å². The summed E-state index contributed by atoms with van der Waals surface area (Å²) in [6.45, 7) is 2.45. The summed E-state index contributed by atoms with van der Waals surface area (Å²) in [5.41, 5.74) is 0.294. The summed E-state index contributed by atoms with van der Waals surface area (Å²) >= 11 is 0. The lowest BCUT2D eigenvalue weighted by Gasteiger charge is -2.10. The van der Waals surface area contributed by atoms with Crippen molar-refractivity contribution in [1.29, 1.82) is 0 Å².